The minimum absolute atomic E-state index is 0.00854. The fourth-order valence-corrected chi connectivity index (χ4v) is 1.83. The first-order valence-electron chi connectivity index (χ1n) is 5.99. The molecule has 2 rings (SSSR count). The highest BCUT2D eigenvalue weighted by molar-refractivity contribution is 5.95. The van der Waals surface area contributed by atoms with Crippen LogP contribution in [0.5, 0.6) is 5.75 Å². The lowest BCUT2D eigenvalue weighted by atomic mass is 10.1. The molecular formula is C15H14FNO3. The Hall–Kier alpha value is -2.40. The van der Waals surface area contributed by atoms with Gasteiger partial charge in [-0.3, -0.25) is 4.79 Å². The molecule has 20 heavy (non-hydrogen) atoms. The Balaban J connectivity index is 2.18. The largest absolute Gasteiger partial charge is 0.508 e. The van der Waals surface area contributed by atoms with Crippen molar-refractivity contribution in [3.8, 4) is 5.75 Å². The van der Waals surface area contributed by atoms with Crippen LogP contribution in [0.2, 0.25) is 0 Å². The molecule has 0 saturated carbocycles. The Morgan fingerprint density at radius 3 is 2.55 bits per heavy atom. The summed E-state index contributed by atoms with van der Waals surface area (Å²) in [6.45, 7) is 0. The molecule has 5 heteroatoms. The number of phenols is 1. The lowest BCUT2D eigenvalue weighted by Gasteiger charge is -2.16. The van der Waals surface area contributed by atoms with Crippen molar-refractivity contribution in [2.24, 2.45) is 0 Å². The summed E-state index contributed by atoms with van der Waals surface area (Å²) in [5, 5.41) is 11.6. The number of halogens is 1. The standard InChI is InChI=1S/C15H14FNO3/c1-20-14(10-5-3-2-4-6-10)15(19)17-13-8-7-11(18)9-12(13)16/h2-9,14,18H,1H3,(H,17,19). The van der Waals surface area contributed by atoms with E-state index in [9.17, 15) is 9.18 Å². The van der Waals surface area contributed by atoms with Gasteiger partial charge in [-0.05, 0) is 17.7 Å². The maximum atomic E-state index is 13.6. The molecule has 2 aromatic carbocycles. The van der Waals surface area contributed by atoms with Crippen LogP contribution < -0.4 is 5.32 Å². The summed E-state index contributed by atoms with van der Waals surface area (Å²) < 4.78 is 18.7. The van der Waals surface area contributed by atoms with Gasteiger partial charge in [-0.15, -0.1) is 0 Å². The number of hydrogen-bond donors (Lipinski definition) is 2. The summed E-state index contributed by atoms with van der Waals surface area (Å²) in [6, 6.07) is 12.4. The van der Waals surface area contributed by atoms with Crippen LogP contribution in [0.25, 0.3) is 0 Å². The van der Waals surface area contributed by atoms with E-state index in [-0.39, 0.29) is 11.4 Å². The zero-order chi connectivity index (χ0) is 14.5. The number of aromatic hydroxyl groups is 1. The van der Waals surface area contributed by atoms with Crippen molar-refractivity contribution in [2.75, 3.05) is 12.4 Å². The Labute approximate surface area is 115 Å². The predicted molar refractivity (Wildman–Crippen MR) is 72.9 cm³/mol. The lowest BCUT2D eigenvalue weighted by Crippen LogP contribution is -2.23. The zero-order valence-electron chi connectivity index (χ0n) is 10.8. The molecular weight excluding hydrogens is 261 g/mol. The lowest BCUT2D eigenvalue weighted by molar-refractivity contribution is -0.126. The van der Waals surface area contributed by atoms with Gasteiger partial charge in [0.1, 0.15) is 11.6 Å². The van der Waals surface area contributed by atoms with Crippen LogP contribution in [0, 0.1) is 5.82 Å². The molecule has 1 unspecified atom stereocenters. The van der Waals surface area contributed by atoms with Crippen LogP contribution in [0.1, 0.15) is 11.7 Å². The third kappa shape index (κ3) is 3.13. The van der Waals surface area contributed by atoms with Crippen molar-refractivity contribution in [1.82, 2.24) is 0 Å². The highest BCUT2D eigenvalue weighted by atomic mass is 19.1. The number of nitrogens with one attached hydrogen (secondary N) is 1. The molecule has 0 heterocycles. The van der Waals surface area contributed by atoms with E-state index in [0.29, 0.717) is 5.56 Å². The van der Waals surface area contributed by atoms with E-state index in [1.54, 1.807) is 24.3 Å². The van der Waals surface area contributed by atoms with E-state index in [1.165, 1.54) is 19.2 Å². The van der Waals surface area contributed by atoms with Gasteiger partial charge in [0.05, 0.1) is 5.69 Å². The molecule has 0 fully saturated rings. The maximum absolute atomic E-state index is 13.6. The van der Waals surface area contributed by atoms with Gasteiger partial charge >= 0.3 is 0 Å². The summed E-state index contributed by atoms with van der Waals surface area (Å²) >= 11 is 0. The minimum atomic E-state index is -0.829. The second-order valence-electron chi connectivity index (χ2n) is 4.18. The van der Waals surface area contributed by atoms with Crippen molar-refractivity contribution in [1.29, 1.82) is 0 Å². The molecule has 2 aromatic rings. The predicted octanol–water partition coefficient (Wildman–Crippen LogP) is 2.86. The van der Waals surface area contributed by atoms with Crippen LogP contribution in [-0.4, -0.2) is 18.1 Å². The SMILES string of the molecule is COC(C(=O)Nc1ccc(O)cc1F)c1ccccc1. The van der Waals surface area contributed by atoms with E-state index in [1.807, 2.05) is 6.07 Å². The number of hydrogen-bond acceptors (Lipinski definition) is 3. The Bertz CT molecular complexity index is 601. The Morgan fingerprint density at radius 1 is 1.25 bits per heavy atom. The topological polar surface area (TPSA) is 58.6 Å². The van der Waals surface area contributed by atoms with Crippen molar-refractivity contribution in [3.05, 3.63) is 59.9 Å². The smallest absolute Gasteiger partial charge is 0.258 e. The number of carbonyl (C=O) groups is 1. The summed E-state index contributed by atoms with van der Waals surface area (Å²) in [7, 11) is 1.41. The summed E-state index contributed by atoms with van der Waals surface area (Å²) in [5.74, 6) is -1.39. The van der Waals surface area contributed by atoms with Crippen molar-refractivity contribution in [3.63, 3.8) is 0 Å². The molecule has 0 aliphatic carbocycles. The first-order valence-corrected chi connectivity index (χ1v) is 5.99. The molecule has 0 aliphatic heterocycles. The van der Waals surface area contributed by atoms with E-state index in [0.717, 1.165) is 6.07 Å². The quantitative estimate of drug-likeness (QED) is 0.843. The molecule has 1 amide bonds. The number of benzene rings is 2. The summed E-state index contributed by atoms with van der Waals surface area (Å²) in [6.07, 6.45) is -0.829. The first-order chi connectivity index (χ1) is 9.61. The number of amides is 1. The monoisotopic (exact) mass is 275 g/mol. The van der Waals surface area contributed by atoms with Gasteiger partial charge in [-0.2, -0.15) is 0 Å². The fraction of sp³-hybridized carbons (Fsp3) is 0.133. The fourth-order valence-electron chi connectivity index (χ4n) is 1.83. The van der Waals surface area contributed by atoms with Gasteiger partial charge in [0.25, 0.3) is 5.91 Å². The van der Waals surface area contributed by atoms with E-state index in [2.05, 4.69) is 5.32 Å². The van der Waals surface area contributed by atoms with Gasteiger partial charge in [-0.1, -0.05) is 30.3 Å². The maximum Gasteiger partial charge on any atom is 0.258 e. The van der Waals surface area contributed by atoms with Crippen molar-refractivity contribution < 1.29 is 19.0 Å². The zero-order valence-corrected chi connectivity index (χ0v) is 10.8. The molecule has 0 bridgehead atoms. The van der Waals surface area contributed by atoms with Crippen molar-refractivity contribution >= 4 is 11.6 Å². The van der Waals surface area contributed by atoms with E-state index < -0.39 is 17.8 Å². The third-order valence-electron chi connectivity index (χ3n) is 2.79. The van der Waals surface area contributed by atoms with Gasteiger partial charge in [-0.25, -0.2) is 4.39 Å². The molecule has 0 spiro atoms. The minimum Gasteiger partial charge on any atom is -0.508 e. The average Bonchev–Trinajstić information content (AvgIpc) is 2.44. The van der Waals surface area contributed by atoms with Crippen LogP contribution in [0.4, 0.5) is 10.1 Å². The molecule has 4 nitrogen and oxygen atoms in total. The van der Waals surface area contributed by atoms with Gasteiger partial charge < -0.3 is 15.2 Å². The highest BCUT2D eigenvalue weighted by Gasteiger charge is 2.20. The van der Waals surface area contributed by atoms with Crippen molar-refractivity contribution in [2.45, 2.75) is 6.10 Å². The number of phenolic OH excluding ortho intramolecular Hbond substituents is 1. The summed E-state index contributed by atoms with van der Waals surface area (Å²) in [5.41, 5.74) is 0.664. The number of rotatable bonds is 4. The molecule has 1 atom stereocenters. The van der Waals surface area contributed by atoms with Crippen LogP contribution in [-0.2, 0) is 9.53 Å². The number of carbonyl (C=O) groups excluding carboxylic acids is 1. The van der Waals surface area contributed by atoms with E-state index >= 15 is 0 Å². The van der Waals surface area contributed by atoms with Crippen LogP contribution in [0.15, 0.2) is 48.5 Å². The summed E-state index contributed by atoms with van der Waals surface area (Å²) in [4.78, 5) is 12.1. The van der Waals surface area contributed by atoms with Gasteiger partial charge in [0, 0.05) is 13.2 Å². The van der Waals surface area contributed by atoms with Gasteiger partial charge in [0.2, 0.25) is 0 Å². The van der Waals surface area contributed by atoms with Crippen LogP contribution in [0.3, 0.4) is 0 Å². The molecule has 0 radical (unpaired) electrons. The Kier molecular flexibility index (Phi) is 4.32. The second-order valence-corrected chi connectivity index (χ2v) is 4.18. The highest BCUT2D eigenvalue weighted by Crippen LogP contribution is 2.22. The molecule has 0 aromatic heterocycles. The molecule has 0 saturated heterocycles. The molecule has 0 aliphatic rings. The van der Waals surface area contributed by atoms with Crippen LogP contribution >= 0.6 is 0 Å². The average molecular weight is 275 g/mol. The third-order valence-corrected chi connectivity index (χ3v) is 2.79. The van der Waals surface area contributed by atoms with E-state index in [4.69, 9.17) is 9.84 Å². The first kappa shape index (κ1) is 14.0. The Morgan fingerprint density at radius 2 is 1.95 bits per heavy atom. The second kappa shape index (κ2) is 6.16. The number of methoxy groups -OCH3 is 1. The molecule has 2 N–H and O–H groups in total. The van der Waals surface area contributed by atoms with Gasteiger partial charge in [0.15, 0.2) is 6.10 Å². The molecule has 104 valence electrons. The number of ether oxygens (including phenoxy) is 1. The number of anilines is 1. The normalized spacial score (nSPS) is 11.9.